The Morgan fingerprint density at radius 1 is 1.18 bits per heavy atom. The zero-order valence-electron chi connectivity index (χ0n) is 13.9. The summed E-state index contributed by atoms with van der Waals surface area (Å²) in [4.78, 5) is 0. The van der Waals surface area contributed by atoms with E-state index >= 15 is 0 Å². The summed E-state index contributed by atoms with van der Waals surface area (Å²) in [6.07, 6.45) is 9.95. The van der Waals surface area contributed by atoms with E-state index in [9.17, 15) is 0 Å². The van der Waals surface area contributed by atoms with Crippen LogP contribution < -0.4 is 10.7 Å². The van der Waals surface area contributed by atoms with Crippen molar-refractivity contribution in [2.45, 2.75) is 51.9 Å². The molecule has 0 aromatic rings. The number of hydrogen-bond acceptors (Lipinski definition) is 3. The molecule has 0 unspecified atom stereocenters. The van der Waals surface area contributed by atoms with E-state index in [0.717, 1.165) is 24.2 Å². The zero-order chi connectivity index (χ0) is 15.6. The van der Waals surface area contributed by atoms with Gasteiger partial charge in [-0.15, -0.1) is 0 Å². The van der Waals surface area contributed by atoms with Crippen molar-refractivity contribution >= 4 is 23.0 Å². The van der Waals surface area contributed by atoms with Crippen molar-refractivity contribution in [2.24, 2.45) is 28.3 Å². The molecule has 4 nitrogen and oxygen atoms in total. The fourth-order valence-electron chi connectivity index (χ4n) is 5.54. The summed E-state index contributed by atoms with van der Waals surface area (Å²) >= 11 is 5.22. The highest BCUT2D eigenvalue weighted by atomic mass is 32.1. The summed E-state index contributed by atoms with van der Waals surface area (Å²) in [6.45, 7) is 3.51. The van der Waals surface area contributed by atoms with Crippen molar-refractivity contribution in [2.75, 3.05) is 20.3 Å². The SMILES string of the molecule is COCCNC(=S)N/N=C(/C)CC12CC3CC(CC(C3)C1)C2. The van der Waals surface area contributed by atoms with Crippen molar-refractivity contribution in [3.63, 3.8) is 0 Å². The fraction of sp³-hybridized carbons (Fsp3) is 0.882. The van der Waals surface area contributed by atoms with E-state index in [1.54, 1.807) is 7.11 Å². The minimum absolute atomic E-state index is 0.551. The number of nitrogens with zero attached hydrogens (tertiary/aromatic N) is 1. The monoisotopic (exact) mass is 323 g/mol. The molecule has 0 saturated heterocycles. The van der Waals surface area contributed by atoms with Gasteiger partial charge in [0, 0.05) is 19.4 Å². The Labute approximate surface area is 139 Å². The first-order valence-electron chi connectivity index (χ1n) is 8.64. The molecule has 4 rings (SSSR count). The Hall–Kier alpha value is -0.680. The highest BCUT2D eigenvalue weighted by Crippen LogP contribution is 2.61. The number of methoxy groups -OCH3 is 1. The van der Waals surface area contributed by atoms with E-state index < -0.39 is 0 Å². The van der Waals surface area contributed by atoms with Gasteiger partial charge in [-0.25, -0.2) is 0 Å². The molecule has 2 N–H and O–H groups in total. The summed E-state index contributed by atoms with van der Waals surface area (Å²) < 4.78 is 4.99. The largest absolute Gasteiger partial charge is 0.383 e. The van der Waals surface area contributed by atoms with Crippen LogP contribution in [-0.2, 0) is 4.74 Å². The topological polar surface area (TPSA) is 45.6 Å². The lowest BCUT2D eigenvalue weighted by Gasteiger charge is -2.57. The number of thiocarbonyl (C=S) groups is 1. The minimum atomic E-state index is 0.551. The molecular formula is C17H29N3OS. The first-order chi connectivity index (χ1) is 10.6. The third-order valence-electron chi connectivity index (χ3n) is 5.74. The Kier molecular flexibility index (Phi) is 5.03. The van der Waals surface area contributed by atoms with E-state index in [0.29, 0.717) is 23.7 Å². The van der Waals surface area contributed by atoms with E-state index in [-0.39, 0.29) is 0 Å². The molecule has 0 radical (unpaired) electrons. The van der Waals surface area contributed by atoms with Crippen LogP contribution in [0.2, 0.25) is 0 Å². The van der Waals surface area contributed by atoms with Crippen molar-refractivity contribution in [3.8, 4) is 0 Å². The van der Waals surface area contributed by atoms with E-state index in [1.165, 1.54) is 44.2 Å². The van der Waals surface area contributed by atoms with Gasteiger partial charge in [-0.3, -0.25) is 5.43 Å². The summed E-state index contributed by atoms with van der Waals surface area (Å²) in [6, 6.07) is 0. The van der Waals surface area contributed by atoms with Gasteiger partial charge >= 0.3 is 0 Å². The maximum atomic E-state index is 5.22. The average Bonchev–Trinajstić information content (AvgIpc) is 2.43. The third kappa shape index (κ3) is 3.80. The lowest BCUT2D eigenvalue weighted by Crippen LogP contribution is -2.46. The molecule has 0 spiro atoms. The quantitative estimate of drug-likeness (QED) is 0.341. The highest BCUT2D eigenvalue weighted by Gasteiger charge is 2.50. The molecule has 0 atom stereocenters. The predicted molar refractivity (Wildman–Crippen MR) is 93.9 cm³/mol. The second kappa shape index (κ2) is 6.83. The maximum absolute atomic E-state index is 5.22. The van der Waals surface area contributed by atoms with E-state index in [4.69, 9.17) is 17.0 Å². The third-order valence-corrected chi connectivity index (χ3v) is 5.97. The molecule has 5 heteroatoms. The van der Waals surface area contributed by atoms with Gasteiger partial charge in [0.1, 0.15) is 0 Å². The van der Waals surface area contributed by atoms with Crippen LogP contribution in [-0.4, -0.2) is 31.1 Å². The predicted octanol–water partition coefficient (Wildman–Crippen LogP) is 3.08. The number of ether oxygens (including phenoxy) is 1. The van der Waals surface area contributed by atoms with Crippen molar-refractivity contribution in [1.82, 2.24) is 10.7 Å². The summed E-state index contributed by atoms with van der Waals surface area (Å²) in [5.74, 6) is 3.01. The van der Waals surface area contributed by atoms with Crippen LogP contribution in [0.4, 0.5) is 0 Å². The number of hydrazone groups is 1. The van der Waals surface area contributed by atoms with Crippen LogP contribution in [0.5, 0.6) is 0 Å². The van der Waals surface area contributed by atoms with Gasteiger partial charge in [0.15, 0.2) is 5.11 Å². The molecule has 22 heavy (non-hydrogen) atoms. The fourth-order valence-corrected chi connectivity index (χ4v) is 5.69. The lowest BCUT2D eigenvalue weighted by atomic mass is 9.48. The molecule has 0 aromatic heterocycles. The smallest absolute Gasteiger partial charge is 0.187 e. The number of hydrogen-bond donors (Lipinski definition) is 2. The van der Waals surface area contributed by atoms with Gasteiger partial charge in [0.2, 0.25) is 0 Å². The Bertz CT molecular complexity index is 414. The standard InChI is InChI=1S/C17H29N3OS/c1-12(19-20-16(22)18-3-4-21-2)8-17-9-13-5-14(10-17)7-15(6-13)11-17/h13-15H,3-11H2,1-2H3,(H2,18,20,22)/b19-12-. The van der Waals surface area contributed by atoms with Crippen LogP contribution in [0.3, 0.4) is 0 Å². The van der Waals surface area contributed by atoms with Crippen LogP contribution in [0.25, 0.3) is 0 Å². The minimum Gasteiger partial charge on any atom is -0.383 e. The van der Waals surface area contributed by atoms with Crippen LogP contribution >= 0.6 is 12.2 Å². The van der Waals surface area contributed by atoms with Gasteiger partial charge in [-0.1, -0.05) is 0 Å². The van der Waals surface area contributed by atoms with Gasteiger partial charge in [-0.05, 0) is 87.3 Å². The van der Waals surface area contributed by atoms with E-state index in [2.05, 4.69) is 22.8 Å². The Morgan fingerprint density at radius 2 is 1.77 bits per heavy atom. The first kappa shape index (κ1) is 16.2. The Morgan fingerprint density at radius 3 is 2.32 bits per heavy atom. The van der Waals surface area contributed by atoms with Crippen LogP contribution in [0.15, 0.2) is 5.10 Å². The number of nitrogens with one attached hydrogen (secondary N) is 2. The average molecular weight is 324 g/mol. The van der Waals surface area contributed by atoms with Gasteiger partial charge < -0.3 is 10.1 Å². The molecular weight excluding hydrogens is 294 g/mol. The Balaban J connectivity index is 1.50. The number of rotatable bonds is 6. The van der Waals surface area contributed by atoms with E-state index in [1.807, 2.05) is 0 Å². The lowest BCUT2D eigenvalue weighted by molar-refractivity contribution is -0.0482. The zero-order valence-corrected chi connectivity index (χ0v) is 14.7. The maximum Gasteiger partial charge on any atom is 0.187 e. The molecule has 0 heterocycles. The van der Waals surface area contributed by atoms with Gasteiger partial charge in [0.25, 0.3) is 0 Å². The molecule has 4 aliphatic rings. The summed E-state index contributed by atoms with van der Waals surface area (Å²) in [7, 11) is 1.69. The van der Waals surface area contributed by atoms with Crippen molar-refractivity contribution < 1.29 is 4.74 Å². The van der Waals surface area contributed by atoms with Gasteiger partial charge in [-0.2, -0.15) is 5.10 Å². The van der Waals surface area contributed by atoms with Gasteiger partial charge in [0.05, 0.1) is 6.61 Å². The second-order valence-corrected chi connectivity index (χ2v) is 8.21. The molecule has 0 aromatic carbocycles. The second-order valence-electron chi connectivity index (χ2n) is 7.80. The van der Waals surface area contributed by atoms with Crippen molar-refractivity contribution in [3.05, 3.63) is 0 Å². The molecule has 0 aliphatic heterocycles. The molecule has 4 saturated carbocycles. The molecule has 0 amide bonds. The van der Waals surface area contributed by atoms with Crippen molar-refractivity contribution in [1.29, 1.82) is 0 Å². The molecule has 4 fully saturated rings. The molecule has 4 aliphatic carbocycles. The summed E-state index contributed by atoms with van der Waals surface area (Å²) in [5.41, 5.74) is 4.72. The van der Waals surface area contributed by atoms with Crippen LogP contribution in [0, 0.1) is 23.2 Å². The molecule has 124 valence electrons. The summed E-state index contributed by atoms with van der Waals surface area (Å²) in [5, 5.41) is 8.17. The van der Waals surface area contributed by atoms with Crippen LogP contribution in [0.1, 0.15) is 51.9 Å². The molecule has 4 bridgehead atoms. The first-order valence-corrected chi connectivity index (χ1v) is 9.05. The highest BCUT2D eigenvalue weighted by molar-refractivity contribution is 7.80. The normalized spacial score (nSPS) is 36.5.